The van der Waals surface area contributed by atoms with Gasteiger partial charge in [-0.25, -0.2) is 24.3 Å². The second-order valence-electron chi connectivity index (χ2n) is 9.73. The number of aromatic nitrogens is 4. The highest BCUT2D eigenvalue weighted by Gasteiger charge is 2.10. The first-order chi connectivity index (χ1) is 22.4. The predicted molar refractivity (Wildman–Crippen MR) is 187 cm³/mol. The summed E-state index contributed by atoms with van der Waals surface area (Å²) in [5.74, 6) is 1.10. The van der Waals surface area contributed by atoms with Gasteiger partial charge in [-0.05, 0) is 71.0 Å². The number of benzene rings is 3. The van der Waals surface area contributed by atoms with Crippen LogP contribution in [-0.4, -0.2) is 37.5 Å². The summed E-state index contributed by atoms with van der Waals surface area (Å²) in [5, 5.41) is 20.0. The van der Waals surface area contributed by atoms with Gasteiger partial charge in [0, 0.05) is 4.88 Å². The van der Waals surface area contributed by atoms with Gasteiger partial charge in [-0.1, -0.05) is 54.1 Å². The minimum absolute atomic E-state index is 0.0494. The number of hydrazone groups is 2. The number of halogens is 2. The summed E-state index contributed by atoms with van der Waals surface area (Å²) in [6.07, 6.45) is 6.26. The van der Waals surface area contributed by atoms with Gasteiger partial charge in [-0.3, -0.25) is 10.9 Å². The number of thiophene rings is 2. The number of rotatable bonds is 7. The third-order valence-electron chi connectivity index (χ3n) is 6.51. The Morgan fingerprint density at radius 1 is 0.804 bits per heavy atom. The number of anilines is 2. The number of phenols is 1. The molecule has 4 heterocycles. The number of aryl methyl sites for hydroxylation is 1. The van der Waals surface area contributed by atoms with E-state index in [-0.39, 0.29) is 16.6 Å². The van der Waals surface area contributed by atoms with Crippen LogP contribution in [0.15, 0.2) is 107 Å². The standard InChI is InChI=1S/C19H13FN4S.C14H11ClN4OS/c20-15-8-6-13(7-9-15)11-23-24-19-18-16(21-12-22-19)10-17(25-18)14-4-2-1-3-5-14;1-8-6-21-13-12(8)16-7-17-14(13)19-18-5-9-2-3-11(20)10(15)4-9/h1-12H,(H,21,22,24);2-7,20H,1H3,(H,16,17,19). The molecule has 46 heavy (non-hydrogen) atoms. The molecule has 0 aliphatic carbocycles. The molecule has 0 aliphatic heterocycles. The van der Waals surface area contributed by atoms with Crippen molar-refractivity contribution in [3.05, 3.63) is 124 Å². The van der Waals surface area contributed by atoms with E-state index in [9.17, 15) is 9.50 Å². The maximum Gasteiger partial charge on any atom is 0.167 e. The Morgan fingerprint density at radius 3 is 2.22 bits per heavy atom. The van der Waals surface area contributed by atoms with Crippen molar-refractivity contribution in [3.8, 4) is 16.2 Å². The maximum absolute atomic E-state index is 12.9. The maximum atomic E-state index is 12.9. The van der Waals surface area contributed by atoms with Crippen LogP contribution < -0.4 is 10.9 Å². The molecular formula is C33H24ClFN8OS2. The number of nitrogens with one attached hydrogen (secondary N) is 2. The van der Waals surface area contributed by atoms with E-state index in [0.29, 0.717) is 11.6 Å². The van der Waals surface area contributed by atoms with E-state index in [0.717, 1.165) is 47.6 Å². The van der Waals surface area contributed by atoms with Crippen LogP contribution in [0.3, 0.4) is 0 Å². The lowest BCUT2D eigenvalue weighted by Gasteiger charge is -2.01. The molecule has 0 amide bonds. The number of hydrogen-bond donors (Lipinski definition) is 3. The molecule has 0 saturated heterocycles. The summed E-state index contributed by atoms with van der Waals surface area (Å²) < 4.78 is 14.8. The van der Waals surface area contributed by atoms with E-state index in [1.807, 2.05) is 36.6 Å². The van der Waals surface area contributed by atoms with Crippen molar-refractivity contribution < 1.29 is 9.50 Å². The first-order valence-electron chi connectivity index (χ1n) is 13.8. The average Bonchev–Trinajstić information content (AvgIpc) is 3.69. The summed E-state index contributed by atoms with van der Waals surface area (Å²) in [5.41, 5.74) is 11.5. The number of aromatic hydroxyl groups is 1. The Hall–Kier alpha value is -5.30. The minimum atomic E-state index is -0.269. The van der Waals surface area contributed by atoms with Gasteiger partial charge in [0.1, 0.15) is 24.2 Å². The normalized spacial score (nSPS) is 11.3. The molecule has 0 spiro atoms. The topological polar surface area (TPSA) is 121 Å². The van der Waals surface area contributed by atoms with Gasteiger partial charge in [-0.2, -0.15) is 10.2 Å². The molecule has 3 aromatic carbocycles. The molecule has 0 aliphatic rings. The molecule has 0 unspecified atom stereocenters. The lowest BCUT2D eigenvalue weighted by Crippen LogP contribution is -1.94. The Morgan fingerprint density at radius 2 is 1.48 bits per heavy atom. The first kappa shape index (κ1) is 30.7. The largest absolute Gasteiger partial charge is 0.506 e. The van der Waals surface area contributed by atoms with Crippen molar-refractivity contribution in [2.45, 2.75) is 6.92 Å². The lowest BCUT2D eigenvalue weighted by molar-refractivity contribution is 0.475. The van der Waals surface area contributed by atoms with Crippen molar-refractivity contribution in [1.82, 2.24) is 19.9 Å². The van der Waals surface area contributed by atoms with E-state index >= 15 is 0 Å². The summed E-state index contributed by atoms with van der Waals surface area (Å²) in [6, 6.07) is 23.2. The fourth-order valence-corrected chi connectivity index (χ4v) is 6.40. The highest BCUT2D eigenvalue weighted by Crippen LogP contribution is 2.35. The van der Waals surface area contributed by atoms with Crippen molar-refractivity contribution in [2.24, 2.45) is 10.2 Å². The summed E-state index contributed by atoms with van der Waals surface area (Å²) in [4.78, 5) is 18.2. The van der Waals surface area contributed by atoms with Crippen LogP contribution in [0.25, 0.3) is 30.9 Å². The number of phenolic OH excluding ortho intramolecular Hbond substituents is 1. The average molecular weight is 667 g/mol. The zero-order valence-corrected chi connectivity index (χ0v) is 26.5. The van der Waals surface area contributed by atoms with Gasteiger partial charge in [0.05, 0.1) is 37.9 Å². The van der Waals surface area contributed by atoms with E-state index in [1.165, 1.54) is 30.9 Å². The molecule has 7 rings (SSSR count). The second kappa shape index (κ2) is 14.2. The Bertz CT molecular complexity index is 2170. The minimum Gasteiger partial charge on any atom is -0.506 e. The van der Waals surface area contributed by atoms with Gasteiger partial charge in [0.2, 0.25) is 0 Å². The van der Waals surface area contributed by atoms with Crippen molar-refractivity contribution in [3.63, 3.8) is 0 Å². The summed E-state index contributed by atoms with van der Waals surface area (Å²) in [6.45, 7) is 2.01. The predicted octanol–water partition coefficient (Wildman–Crippen LogP) is 8.75. The molecule has 4 aromatic heterocycles. The third-order valence-corrected chi connectivity index (χ3v) is 9.09. The molecule has 13 heteroatoms. The zero-order chi connectivity index (χ0) is 31.9. The van der Waals surface area contributed by atoms with Gasteiger partial charge < -0.3 is 5.11 Å². The van der Waals surface area contributed by atoms with Crippen molar-refractivity contribution in [2.75, 3.05) is 10.9 Å². The first-order valence-corrected chi connectivity index (χ1v) is 15.8. The molecule has 7 aromatic rings. The number of hydrogen-bond acceptors (Lipinski definition) is 11. The smallest absolute Gasteiger partial charge is 0.167 e. The molecule has 228 valence electrons. The van der Waals surface area contributed by atoms with Gasteiger partial charge in [0.25, 0.3) is 0 Å². The Kier molecular flexibility index (Phi) is 9.48. The number of nitrogens with zero attached hydrogens (tertiary/aromatic N) is 6. The van der Waals surface area contributed by atoms with Gasteiger partial charge >= 0.3 is 0 Å². The number of fused-ring (bicyclic) bond motifs is 2. The van der Waals surface area contributed by atoms with Crippen molar-refractivity contribution in [1.29, 1.82) is 0 Å². The molecule has 0 bridgehead atoms. The van der Waals surface area contributed by atoms with Crippen LogP contribution in [0.5, 0.6) is 5.75 Å². The van der Waals surface area contributed by atoms with Crippen LogP contribution in [0.2, 0.25) is 5.02 Å². The van der Waals surface area contributed by atoms with E-state index in [2.05, 4.69) is 53.1 Å². The van der Waals surface area contributed by atoms with Gasteiger partial charge in [-0.15, -0.1) is 22.7 Å². The molecule has 0 fully saturated rings. The summed E-state index contributed by atoms with van der Waals surface area (Å²) >= 11 is 9.03. The Labute approximate surface area is 275 Å². The second-order valence-corrected chi connectivity index (χ2v) is 12.1. The van der Waals surface area contributed by atoms with Crippen LogP contribution in [-0.2, 0) is 0 Å². The highest BCUT2D eigenvalue weighted by atomic mass is 35.5. The van der Waals surface area contributed by atoms with Crippen LogP contribution in [0.1, 0.15) is 16.7 Å². The quantitative estimate of drug-likeness (QED) is 0.115. The molecule has 3 N–H and O–H groups in total. The fraction of sp³-hybridized carbons (Fsp3) is 0.0303. The van der Waals surface area contributed by atoms with Gasteiger partial charge in [0.15, 0.2) is 11.6 Å². The van der Waals surface area contributed by atoms with Crippen molar-refractivity contribution >= 4 is 78.8 Å². The fourth-order valence-electron chi connectivity index (χ4n) is 4.22. The lowest BCUT2D eigenvalue weighted by atomic mass is 10.2. The molecule has 9 nitrogen and oxygen atoms in total. The Balaban J connectivity index is 0.000000164. The molecular weight excluding hydrogens is 643 g/mol. The van der Waals surface area contributed by atoms with Crippen LogP contribution in [0, 0.1) is 12.7 Å². The molecule has 0 radical (unpaired) electrons. The molecule has 0 atom stereocenters. The monoisotopic (exact) mass is 666 g/mol. The van der Waals surface area contributed by atoms with E-state index in [1.54, 1.807) is 59.4 Å². The third kappa shape index (κ3) is 7.32. The van der Waals surface area contributed by atoms with E-state index < -0.39 is 0 Å². The zero-order valence-electron chi connectivity index (χ0n) is 24.1. The molecule has 0 saturated carbocycles. The van der Waals surface area contributed by atoms with E-state index in [4.69, 9.17) is 11.6 Å². The summed E-state index contributed by atoms with van der Waals surface area (Å²) in [7, 11) is 0. The van der Waals surface area contributed by atoms with Crippen LogP contribution in [0.4, 0.5) is 16.0 Å². The van der Waals surface area contributed by atoms with Crippen LogP contribution >= 0.6 is 34.3 Å². The SMILES string of the molecule is Cc1csc2c(NN=Cc3ccc(O)c(Cl)c3)ncnc12.Fc1ccc(C=NNc2ncnc3cc(-c4ccccc4)sc23)cc1. The highest BCUT2D eigenvalue weighted by molar-refractivity contribution is 7.22.